The Morgan fingerprint density at radius 3 is 2.62 bits per heavy atom. The minimum absolute atomic E-state index is 0.203. The smallest absolute Gasteiger partial charge is 0.280 e. The van der Waals surface area contributed by atoms with E-state index in [4.69, 9.17) is 5.73 Å². The largest absolute Gasteiger partial charge is 0.329 e. The summed E-state index contributed by atoms with van der Waals surface area (Å²) in [5.74, 6) is 0. The van der Waals surface area contributed by atoms with Crippen LogP contribution in [0.2, 0.25) is 0 Å². The molecule has 1 aromatic carbocycles. The van der Waals surface area contributed by atoms with Crippen molar-refractivity contribution in [2.24, 2.45) is 5.73 Å². The Kier molecular flexibility index (Phi) is 4.81. The van der Waals surface area contributed by atoms with E-state index in [9.17, 15) is 20.2 Å². The number of rotatable bonds is 5. The van der Waals surface area contributed by atoms with Crippen LogP contribution in [0.15, 0.2) is 18.2 Å². The van der Waals surface area contributed by atoms with Gasteiger partial charge in [-0.1, -0.05) is 6.42 Å². The molecule has 1 aromatic rings. The van der Waals surface area contributed by atoms with Crippen molar-refractivity contribution >= 4 is 11.4 Å². The zero-order chi connectivity index (χ0) is 15.4. The van der Waals surface area contributed by atoms with Gasteiger partial charge in [-0.3, -0.25) is 25.1 Å². The fraction of sp³-hybridized carbons (Fsp3) is 0.538. The molecule has 0 amide bonds. The van der Waals surface area contributed by atoms with Crippen LogP contribution in [-0.4, -0.2) is 33.9 Å². The molecular weight excluding hydrogens is 276 g/mol. The second-order valence-corrected chi connectivity index (χ2v) is 5.18. The minimum atomic E-state index is -0.625. The topological polar surface area (TPSA) is 116 Å². The number of piperidine rings is 1. The monoisotopic (exact) mass is 294 g/mol. The summed E-state index contributed by atoms with van der Waals surface area (Å²) in [6.07, 6.45) is 3.13. The second kappa shape index (κ2) is 6.59. The molecule has 1 atom stereocenters. The maximum Gasteiger partial charge on any atom is 0.280 e. The highest BCUT2D eigenvalue weighted by Gasteiger charge is 2.25. The highest BCUT2D eigenvalue weighted by atomic mass is 16.6. The Morgan fingerprint density at radius 2 is 2.00 bits per heavy atom. The first-order chi connectivity index (χ1) is 10.0. The molecule has 2 rings (SSSR count). The number of benzene rings is 1. The summed E-state index contributed by atoms with van der Waals surface area (Å²) in [6.45, 7) is 1.76. The van der Waals surface area contributed by atoms with Crippen molar-refractivity contribution in [3.05, 3.63) is 44.0 Å². The molecule has 0 aliphatic carbocycles. The number of nitrogens with two attached hydrogens (primary N) is 1. The summed E-state index contributed by atoms with van der Waals surface area (Å²) in [6, 6.07) is 4.02. The average molecular weight is 294 g/mol. The molecule has 1 aliphatic heterocycles. The Balaban J connectivity index is 2.26. The van der Waals surface area contributed by atoms with Gasteiger partial charge in [-0.25, -0.2) is 0 Å². The van der Waals surface area contributed by atoms with Gasteiger partial charge < -0.3 is 5.73 Å². The quantitative estimate of drug-likeness (QED) is 0.654. The summed E-state index contributed by atoms with van der Waals surface area (Å²) in [7, 11) is 0. The zero-order valence-corrected chi connectivity index (χ0v) is 11.6. The third-order valence-electron chi connectivity index (χ3n) is 3.87. The first-order valence-electron chi connectivity index (χ1n) is 6.88. The van der Waals surface area contributed by atoms with Crippen molar-refractivity contribution in [3.8, 4) is 0 Å². The molecule has 0 radical (unpaired) electrons. The van der Waals surface area contributed by atoms with Crippen molar-refractivity contribution in [2.45, 2.75) is 31.8 Å². The average Bonchev–Trinajstić information content (AvgIpc) is 2.47. The van der Waals surface area contributed by atoms with Crippen LogP contribution in [-0.2, 0) is 6.54 Å². The number of hydrogen-bond acceptors (Lipinski definition) is 6. The van der Waals surface area contributed by atoms with Crippen molar-refractivity contribution in [1.29, 1.82) is 0 Å². The van der Waals surface area contributed by atoms with Crippen LogP contribution >= 0.6 is 0 Å². The van der Waals surface area contributed by atoms with Crippen LogP contribution in [0, 0.1) is 20.2 Å². The number of nitro benzene ring substituents is 2. The summed E-state index contributed by atoms with van der Waals surface area (Å²) in [5, 5.41) is 21.9. The Bertz CT molecular complexity index is 549. The maximum atomic E-state index is 11.1. The normalized spacial score (nSPS) is 19.4. The molecule has 1 fully saturated rings. The molecule has 114 valence electrons. The van der Waals surface area contributed by atoms with Crippen molar-refractivity contribution in [1.82, 2.24) is 4.90 Å². The summed E-state index contributed by atoms with van der Waals surface area (Å²) < 4.78 is 0. The van der Waals surface area contributed by atoms with Crippen LogP contribution < -0.4 is 5.73 Å². The number of likely N-dealkylation sites (tertiary alicyclic amines) is 1. The lowest BCUT2D eigenvalue weighted by Crippen LogP contribution is -2.43. The van der Waals surface area contributed by atoms with Gasteiger partial charge in [0.2, 0.25) is 0 Å². The molecule has 1 heterocycles. The highest BCUT2D eigenvalue weighted by molar-refractivity contribution is 5.49. The van der Waals surface area contributed by atoms with Crippen molar-refractivity contribution < 1.29 is 9.85 Å². The fourth-order valence-corrected chi connectivity index (χ4v) is 2.72. The third kappa shape index (κ3) is 3.53. The van der Waals surface area contributed by atoms with Gasteiger partial charge in [0, 0.05) is 30.8 Å². The highest BCUT2D eigenvalue weighted by Crippen LogP contribution is 2.27. The molecule has 0 saturated carbocycles. The summed E-state index contributed by atoms with van der Waals surface area (Å²) in [5.41, 5.74) is 5.77. The van der Waals surface area contributed by atoms with Gasteiger partial charge in [0.25, 0.3) is 11.4 Å². The van der Waals surface area contributed by atoms with E-state index in [1.807, 2.05) is 0 Å². The van der Waals surface area contributed by atoms with Crippen molar-refractivity contribution in [3.63, 3.8) is 0 Å². The lowest BCUT2D eigenvalue weighted by molar-refractivity contribution is -0.394. The lowest BCUT2D eigenvalue weighted by Gasteiger charge is -2.34. The molecule has 0 aromatic heterocycles. The number of nitro groups is 2. The van der Waals surface area contributed by atoms with Crippen LogP contribution in [0.5, 0.6) is 0 Å². The molecule has 1 unspecified atom stereocenters. The Labute approximate surface area is 121 Å². The van der Waals surface area contributed by atoms with Gasteiger partial charge >= 0.3 is 0 Å². The van der Waals surface area contributed by atoms with Crippen LogP contribution in [0.4, 0.5) is 11.4 Å². The Morgan fingerprint density at radius 1 is 1.24 bits per heavy atom. The second-order valence-electron chi connectivity index (χ2n) is 5.18. The SMILES string of the molecule is NCC1CCCCN1Cc1ccc([N+](=O)[O-])cc1[N+](=O)[O-]. The van der Waals surface area contributed by atoms with Gasteiger partial charge in [-0.15, -0.1) is 0 Å². The van der Waals surface area contributed by atoms with Gasteiger partial charge in [0.05, 0.1) is 15.9 Å². The zero-order valence-electron chi connectivity index (χ0n) is 11.6. The number of nitrogens with zero attached hydrogens (tertiary/aromatic N) is 3. The van der Waals surface area contributed by atoms with E-state index in [1.54, 1.807) is 0 Å². The van der Waals surface area contributed by atoms with E-state index in [0.717, 1.165) is 31.9 Å². The number of hydrogen-bond donors (Lipinski definition) is 1. The van der Waals surface area contributed by atoms with Crippen LogP contribution in [0.25, 0.3) is 0 Å². The van der Waals surface area contributed by atoms with Gasteiger partial charge in [0.1, 0.15) is 0 Å². The predicted molar refractivity (Wildman–Crippen MR) is 76.9 cm³/mol. The molecule has 2 N–H and O–H groups in total. The minimum Gasteiger partial charge on any atom is -0.329 e. The number of non-ortho nitro benzene ring substituents is 1. The predicted octanol–water partition coefficient (Wildman–Crippen LogP) is 1.82. The fourth-order valence-electron chi connectivity index (χ4n) is 2.72. The van der Waals surface area contributed by atoms with E-state index < -0.39 is 9.85 Å². The molecular formula is C13H18N4O4. The van der Waals surface area contributed by atoms with Gasteiger partial charge in [-0.2, -0.15) is 0 Å². The van der Waals surface area contributed by atoms with Crippen LogP contribution in [0.3, 0.4) is 0 Å². The van der Waals surface area contributed by atoms with E-state index >= 15 is 0 Å². The first kappa shape index (κ1) is 15.3. The van der Waals surface area contributed by atoms with Crippen LogP contribution in [0.1, 0.15) is 24.8 Å². The molecule has 8 nitrogen and oxygen atoms in total. The van der Waals surface area contributed by atoms with E-state index in [-0.39, 0.29) is 17.4 Å². The molecule has 21 heavy (non-hydrogen) atoms. The molecule has 1 saturated heterocycles. The first-order valence-corrected chi connectivity index (χ1v) is 6.88. The lowest BCUT2D eigenvalue weighted by atomic mass is 10.0. The van der Waals surface area contributed by atoms with E-state index in [0.29, 0.717) is 18.7 Å². The van der Waals surface area contributed by atoms with Crippen molar-refractivity contribution in [2.75, 3.05) is 13.1 Å². The van der Waals surface area contributed by atoms with Gasteiger partial charge in [-0.05, 0) is 25.5 Å². The van der Waals surface area contributed by atoms with E-state index in [1.165, 1.54) is 12.1 Å². The third-order valence-corrected chi connectivity index (χ3v) is 3.87. The summed E-state index contributed by atoms with van der Waals surface area (Å²) >= 11 is 0. The summed E-state index contributed by atoms with van der Waals surface area (Å²) in [4.78, 5) is 22.8. The molecule has 1 aliphatic rings. The molecule has 0 spiro atoms. The van der Waals surface area contributed by atoms with E-state index in [2.05, 4.69) is 4.90 Å². The standard InChI is InChI=1S/C13H18N4O4/c14-8-12-3-1-2-6-15(12)9-10-4-5-11(16(18)19)7-13(10)17(20)21/h4-5,7,12H,1-3,6,8-9,14H2. The Hall–Kier alpha value is -2.06. The van der Waals surface area contributed by atoms with Gasteiger partial charge in [0.15, 0.2) is 0 Å². The molecule has 8 heteroatoms. The molecule has 0 bridgehead atoms. The maximum absolute atomic E-state index is 11.1.